The highest BCUT2D eigenvalue weighted by Crippen LogP contribution is 2.26. The number of amides is 1. The van der Waals surface area contributed by atoms with Crippen molar-refractivity contribution in [3.05, 3.63) is 28.2 Å². The molecule has 1 aromatic rings. The average molecular weight is 380 g/mol. The summed E-state index contributed by atoms with van der Waals surface area (Å²) in [6, 6.07) is 4.03. The van der Waals surface area contributed by atoms with Crippen LogP contribution in [-0.4, -0.2) is 50.3 Å². The predicted octanol–water partition coefficient (Wildman–Crippen LogP) is 2.79. The van der Waals surface area contributed by atoms with E-state index in [0.717, 1.165) is 0 Å². The smallest absolute Gasteiger partial charge is 0.224 e. The van der Waals surface area contributed by atoms with Gasteiger partial charge in [-0.25, -0.2) is 8.42 Å². The molecule has 5 nitrogen and oxygen atoms in total. The van der Waals surface area contributed by atoms with Crippen LogP contribution >= 0.6 is 23.2 Å². The van der Waals surface area contributed by atoms with Crippen LogP contribution in [0.2, 0.25) is 10.0 Å². The fraction of sp³-hybridized carbons (Fsp3) is 0.533. The van der Waals surface area contributed by atoms with Crippen molar-refractivity contribution in [2.24, 2.45) is 0 Å². The molecule has 0 N–H and O–H groups in total. The van der Waals surface area contributed by atoms with Crippen molar-refractivity contribution >= 4 is 38.9 Å². The number of ether oxygens (including phenoxy) is 1. The second kappa shape index (κ2) is 7.38. The van der Waals surface area contributed by atoms with Gasteiger partial charge in [-0.3, -0.25) is 4.79 Å². The van der Waals surface area contributed by atoms with Crippen LogP contribution < -0.4 is 0 Å². The lowest BCUT2D eigenvalue weighted by atomic mass is 10.1. The molecule has 1 aliphatic heterocycles. The Kier molecular flexibility index (Phi) is 5.94. The molecule has 0 aromatic heterocycles. The summed E-state index contributed by atoms with van der Waals surface area (Å²) in [7, 11) is -3.59. The highest BCUT2D eigenvalue weighted by molar-refractivity contribution is 7.91. The quantitative estimate of drug-likeness (QED) is 0.806. The first-order valence-electron chi connectivity index (χ1n) is 7.29. The molecule has 128 valence electrons. The van der Waals surface area contributed by atoms with E-state index in [4.69, 9.17) is 27.9 Å². The Bertz CT molecular complexity index is 683. The van der Waals surface area contributed by atoms with E-state index in [0.29, 0.717) is 13.2 Å². The monoisotopic (exact) mass is 379 g/mol. The lowest BCUT2D eigenvalue weighted by Crippen LogP contribution is -2.52. The molecule has 0 bridgehead atoms. The maximum Gasteiger partial charge on any atom is 0.224 e. The van der Waals surface area contributed by atoms with E-state index in [1.54, 1.807) is 4.90 Å². The summed E-state index contributed by atoms with van der Waals surface area (Å²) in [6.45, 7) is 4.72. The Morgan fingerprint density at radius 3 is 2.39 bits per heavy atom. The summed E-state index contributed by atoms with van der Waals surface area (Å²) in [4.78, 5) is 14.2. The average Bonchev–Trinajstić information content (AvgIpc) is 2.48. The second-order valence-electron chi connectivity index (χ2n) is 5.68. The summed E-state index contributed by atoms with van der Waals surface area (Å²) < 4.78 is 30.1. The maximum atomic E-state index is 12.4. The number of carbonyl (C=O) groups is 1. The van der Waals surface area contributed by atoms with Crippen LogP contribution in [0.5, 0.6) is 0 Å². The van der Waals surface area contributed by atoms with Gasteiger partial charge in [-0.05, 0) is 32.0 Å². The molecule has 23 heavy (non-hydrogen) atoms. The molecule has 8 heteroatoms. The summed E-state index contributed by atoms with van der Waals surface area (Å²) in [5.74, 6) is -0.447. The van der Waals surface area contributed by atoms with Gasteiger partial charge in [-0.2, -0.15) is 0 Å². The number of rotatable bonds is 4. The first-order valence-corrected chi connectivity index (χ1v) is 9.70. The minimum Gasteiger partial charge on any atom is -0.377 e. The van der Waals surface area contributed by atoms with Gasteiger partial charge in [0.25, 0.3) is 0 Å². The van der Waals surface area contributed by atoms with Crippen molar-refractivity contribution in [3.8, 4) is 0 Å². The molecule has 0 saturated carbocycles. The number of morpholine rings is 1. The molecular formula is C15H19Cl2NO4S. The number of sulfone groups is 1. The number of halogens is 2. The first kappa shape index (κ1) is 18.5. The van der Waals surface area contributed by atoms with Gasteiger partial charge in [0, 0.05) is 6.42 Å². The van der Waals surface area contributed by atoms with E-state index >= 15 is 0 Å². The largest absolute Gasteiger partial charge is 0.377 e. The van der Waals surface area contributed by atoms with E-state index in [9.17, 15) is 13.2 Å². The second-order valence-corrected chi connectivity index (χ2v) is 8.60. The van der Waals surface area contributed by atoms with Crippen LogP contribution in [0.4, 0.5) is 0 Å². The molecule has 1 heterocycles. The lowest BCUT2D eigenvalue weighted by Gasteiger charge is -2.38. The zero-order valence-corrected chi connectivity index (χ0v) is 15.3. The van der Waals surface area contributed by atoms with Crippen molar-refractivity contribution in [2.45, 2.75) is 37.2 Å². The molecule has 1 aromatic carbocycles. The van der Waals surface area contributed by atoms with E-state index in [1.165, 1.54) is 18.2 Å². The molecule has 1 fully saturated rings. The molecule has 2 rings (SSSR count). The molecule has 2 unspecified atom stereocenters. The predicted molar refractivity (Wildman–Crippen MR) is 89.7 cm³/mol. The summed E-state index contributed by atoms with van der Waals surface area (Å²) in [5, 5.41) is 0.465. The fourth-order valence-corrected chi connectivity index (χ4v) is 4.25. The normalized spacial score (nSPS) is 22.2. The molecular weight excluding hydrogens is 361 g/mol. The van der Waals surface area contributed by atoms with Crippen molar-refractivity contribution in [1.82, 2.24) is 4.90 Å². The molecule has 1 amide bonds. The van der Waals surface area contributed by atoms with Crippen LogP contribution in [0, 0.1) is 0 Å². The molecule has 2 atom stereocenters. The van der Waals surface area contributed by atoms with Crippen LogP contribution in [0.25, 0.3) is 0 Å². The first-order chi connectivity index (χ1) is 10.7. The maximum absolute atomic E-state index is 12.4. The van der Waals surface area contributed by atoms with Crippen molar-refractivity contribution < 1.29 is 17.9 Å². The van der Waals surface area contributed by atoms with Gasteiger partial charge in [-0.1, -0.05) is 23.2 Å². The van der Waals surface area contributed by atoms with Crippen LogP contribution in [0.1, 0.15) is 20.3 Å². The highest BCUT2D eigenvalue weighted by atomic mass is 35.5. The van der Waals surface area contributed by atoms with Gasteiger partial charge < -0.3 is 9.64 Å². The van der Waals surface area contributed by atoms with E-state index in [-0.39, 0.29) is 45.1 Å². The van der Waals surface area contributed by atoms with E-state index in [1.807, 2.05) is 13.8 Å². The van der Waals surface area contributed by atoms with Gasteiger partial charge in [0.15, 0.2) is 9.84 Å². The lowest BCUT2D eigenvalue weighted by molar-refractivity contribution is -0.143. The molecule has 0 aliphatic carbocycles. The SMILES string of the molecule is CC1COCC(C)N1C(=O)CCS(=O)(=O)c1ccc(Cl)c(Cl)c1. The zero-order valence-electron chi connectivity index (χ0n) is 13.0. The van der Waals surface area contributed by atoms with Crippen molar-refractivity contribution in [1.29, 1.82) is 0 Å². The molecule has 1 aliphatic rings. The minimum atomic E-state index is -3.59. The third kappa shape index (κ3) is 4.38. The standard InChI is InChI=1S/C15H19Cl2NO4S/c1-10-8-22-9-11(2)18(10)15(19)5-6-23(20,21)12-3-4-13(16)14(17)7-12/h3-4,7,10-11H,5-6,8-9H2,1-2H3. The van der Waals surface area contributed by atoms with E-state index in [2.05, 4.69) is 0 Å². The van der Waals surface area contributed by atoms with Crippen LogP contribution in [-0.2, 0) is 19.4 Å². The molecule has 0 spiro atoms. The van der Waals surface area contributed by atoms with Gasteiger partial charge in [0.1, 0.15) is 0 Å². The number of benzene rings is 1. The van der Waals surface area contributed by atoms with Crippen molar-refractivity contribution in [2.75, 3.05) is 19.0 Å². The van der Waals surface area contributed by atoms with Gasteiger partial charge in [-0.15, -0.1) is 0 Å². The number of carbonyl (C=O) groups excluding carboxylic acids is 1. The summed E-state index contributed by atoms with van der Waals surface area (Å²) in [5.41, 5.74) is 0. The van der Waals surface area contributed by atoms with Crippen LogP contribution in [0.15, 0.2) is 23.1 Å². The molecule has 0 radical (unpaired) electrons. The third-order valence-corrected chi connectivity index (χ3v) is 6.24. The van der Waals surface area contributed by atoms with Gasteiger partial charge in [0.05, 0.1) is 46.0 Å². The number of hydrogen-bond acceptors (Lipinski definition) is 4. The third-order valence-electron chi connectivity index (χ3n) is 3.79. The Morgan fingerprint density at radius 2 is 1.83 bits per heavy atom. The Hall–Kier alpha value is -0.820. The summed E-state index contributed by atoms with van der Waals surface area (Å²) in [6.07, 6.45) is -0.0722. The van der Waals surface area contributed by atoms with Crippen LogP contribution in [0.3, 0.4) is 0 Å². The fourth-order valence-electron chi connectivity index (χ4n) is 2.63. The van der Waals surface area contributed by atoms with Gasteiger partial charge in [0.2, 0.25) is 5.91 Å². The van der Waals surface area contributed by atoms with Gasteiger partial charge >= 0.3 is 0 Å². The minimum absolute atomic E-state index is 0.0565. The Labute approximate surface area is 146 Å². The van der Waals surface area contributed by atoms with E-state index < -0.39 is 9.84 Å². The molecule has 1 saturated heterocycles. The Balaban J connectivity index is 2.06. The number of hydrogen-bond donors (Lipinski definition) is 0. The number of nitrogens with zero attached hydrogens (tertiary/aromatic N) is 1. The Morgan fingerprint density at radius 1 is 1.22 bits per heavy atom. The topological polar surface area (TPSA) is 63.7 Å². The zero-order chi connectivity index (χ0) is 17.2. The highest BCUT2D eigenvalue weighted by Gasteiger charge is 2.30. The summed E-state index contributed by atoms with van der Waals surface area (Å²) >= 11 is 11.6. The van der Waals surface area contributed by atoms with Crippen molar-refractivity contribution in [3.63, 3.8) is 0 Å².